The number of nitrogens with one attached hydrogen (secondary N) is 1. The number of nitrogens with zero attached hydrogens (tertiary/aromatic N) is 1. The van der Waals surface area contributed by atoms with Crippen molar-refractivity contribution in [3.05, 3.63) is 65.2 Å². The zero-order chi connectivity index (χ0) is 18.7. The molecule has 3 rings (SSSR count). The predicted octanol–water partition coefficient (Wildman–Crippen LogP) is 3.61. The topological polar surface area (TPSA) is 49.4 Å². The van der Waals surface area contributed by atoms with Gasteiger partial charge in [-0.2, -0.15) is 0 Å². The molecule has 1 saturated carbocycles. The van der Waals surface area contributed by atoms with Crippen LogP contribution >= 0.6 is 0 Å². The van der Waals surface area contributed by atoms with Gasteiger partial charge < -0.3 is 10.2 Å². The van der Waals surface area contributed by atoms with Crippen molar-refractivity contribution >= 4 is 17.5 Å². The van der Waals surface area contributed by atoms with E-state index in [1.54, 1.807) is 4.90 Å². The Morgan fingerprint density at radius 1 is 1.04 bits per heavy atom. The number of carbonyl (C=O) groups excluding carboxylic acids is 2. The maximum absolute atomic E-state index is 12.8. The van der Waals surface area contributed by atoms with Gasteiger partial charge in [-0.25, -0.2) is 0 Å². The number of hydrogen-bond acceptors (Lipinski definition) is 2. The molecule has 0 heterocycles. The van der Waals surface area contributed by atoms with E-state index in [9.17, 15) is 9.59 Å². The second-order valence-electron chi connectivity index (χ2n) is 7.07. The predicted molar refractivity (Wildman–Crippen MR) is 104 cm³/mol. The maximum atomic E-state index is 12.8. The van der Waals surface area contributed by atoms with Crippen LogP contribution in [-0.4, -0.2) is 18.4 Å². The molecule has 1 N–H and O–H groups in total. The van der Waals surface area contributed by atoms with E-state index >= 15 is 0 Å². The summed E-state index contributed by atoms with van der Waals surface area (Å²) >= 11 is 0. The number of carbonyl (C=O) groups is 2. The second-order valence-corrected chi connectivity index (χ2v) is 7.07. The molecule has 0 radical (unpaired) electrons. The van der Waals surface area contributed by atoms with Gasteiger partial charge in [0.1, 0.15) is 0 Å². The third-order valence-corrected chi connectivity index (χ3v) is 4.93. The highest BCUT2D eigenvalue weighted by atomic mass is 16.2. The Bertz CT molecular complexity index is 798. The molecule has 0 spiro atoms. The van der Waals surface area contributed by atoms with Gasteiger partial charge in [0.05, 0.1) is 11.8 Å². The van der Waals surface area contributed by atoms with Gasteiger partial charge in [-0.1, -0.05) is 42.0 Å². The average molecular weight is 350 g/mol. The summed E-state index contributed by atoms with van der Waals surface area (Å²) in [5.74, 6) is -0.377. The molecule has 26 heavy (non-hydrogen) atoms. The summed E-state index contributed by atoms with van der Waals surface area (Å²) < 4.78 is 0. The summed E-state index contributed by atoms with van der Waals surface area (Å²) in [7, 11) is 0. The fourth-order valence-electron chi connectivity index (χ4n) is 3.25. The number of aryl methyl sites for hydroxylation is 2. The Labute approximate surface area is 155 Å². The molecule has 2 unspecified atom stereocenters. The lowest BCUT2D eigenvalue weighted by Gasteiger charge is -2.21. The van der Waals surface area contributed by atoms with E-state index < -0.39 is 0 Å². The van der Waals surface area contributed by atoms with Crippen LogP contribution in [0, 0.1) is 25.7 Å². The van der Waals surface area contributed by atoms with E-state index in [0.717, 1.165) is 16.8 Å². The molecule has 0 bridgehead atoms. The highest BCUT2D eigenvalue weighted by molar-refractivity contribution is 6.01. The monoisotopic (exact) mass is 350 g/mol. The quantitative estimate of drug-likeness (QED) is 0.865. The van der Waals surface area contributed by atoms with Gasteiger partial charge in [0.25, 0.3) is 0 Å². The standard InChI is InChI=1S/C22H26N2O2/c1-4-24(18-7-5-6-16(3)12-18)22(26)20-13-19(20)21(25)23-14-17-10-8-15(2)9-11-17/h5-12,19-20H,4,13-14H2,1-3H3,(H,23,25). The Balaban J connectivity index is 1.57. The zero-order valence-corrected chi connectivity index (χ0v) is 15.7. The van der Waals surface area contributed by atoms with Crippen LogP contribution in [0.5, 0.6) is 0 Å². The molecule has 0 saturated heterocycles. The van der Waals surface area contributed by atoms with Crippen LogP contribution < -0.4 is 10.2 Å². The molecular weight excluding hydrogens is 324 g/mol. The molecule has 1 fully saturated rings. The van der Waals surface area contributed by atoms with Crippen LogP contribution in [0.4, 0.5) is 5.69 Å². The SMILES string of the molecule is CCN(C(=O)C1CC1C(=O)NCc1ccc(C)cc1)c1cccc(C)c1. The lowest BCUT2D eigenvalue weighted by molar-refractivity contribution is -0.126. The maximum Gasteiger partial charge on any atom is 0.230 e. The Morgan fingerprint density at radius 3 is 2.42 bits per heavy atom. The smallest absolute Gasteiger partial charge is 0.230 e. The molecule has 1 aliphatic rings. The van der Waals surface area contributed by atoms with E-state index in [2.05, 4.69) is 5.32 Å². The van der Waals surface area contributed by atoms with Gasteiger partial charge in [-0.05, 0) is 50.5 Å². The second kappa shape index (κ2) is 7.73. The van der Waals surface area contributed by atoms with E-state index in [0.29, 0.717) is 19.5 Å². The van der Waals surface area contributed by atoms with Gasteiger partial charge in [0.2, 0.25) is 11.8 Å². The van der Waals surface area contributed by atoms with Gasteiger partial charge in [-0.3, -0.25) is 9.59 Å². The summed E-state index contributed by atoms with van der Waals surface area (Å²) in [6.07, 6.45) is 0.640. The Morgan fingerprint density at radius 2 is 1.77 bits per heavy atom. The van der Waals surface area contributed by atoms with E-state index in [1.807, 2.05) is 69.3 Å². The summed E-state index contributed by atoms with van der Waals surface area (Å²) in [5, 5.41) is 2.96. The van der Waals surface area contributed by atoms with Gasteiger partial charge >= 0.3 is 0 Å². The Hall–Kier alpha value is -2.62. The van der Waals surface area contributed by atoms with E-state index in [-0.39, 0.29) is 23.7 Å². The summed E-state index contributed by atoms with van der Waals surface area (Å²) in [4.78, 5) is 27.0. The first-order valence-electron chi connectivity index (χ1n) is 9.21. The fraction of sp³-hybridized carbons (Fsp3) is 0.364. The molecule has 2 aromatic rings. The van der Waals surface area contributed by atoms with E-state index in [1.165, 1.54) is 5.56 Å². The van der Waals surface area contributed by atoms with Crippen molar-refractivity contribution in [1.29, 1.82) is 0 Å². The number of benzene rings is 2. The molecular formula is C22H26N2O2. The average Bonchev–Trinajstić information content (AvgIpc) is 3.42. The van der Waals surface area contributed by atoms with Crippen LogP contribution in [0.25, 0.3) is 0 Å². The molecule has 2 atom stereocenters. The van der Waals surface area contributed by atoms with Crippen molar-refractivity contribution in [1.82, 2.24) is 5.32 Å². The largest absolute Gasteiger partial charge is 0.352 e. The normalized spacial score (nSPS) is 18.3. The van der Waals surface area contributed by atoms with Crippen molar-refractivity contribution in [2.45, 2.75) is 33.7 Å². The van der Waals surface area contributed by atoms with Gasteiger partial charge in [-0.15, -0.1) is 0 Å². The lowest BCUT2D eigenvalue weighted by Crippen LogP contribution is -2.34. The molecule has 4 heteroatoms. The van der Waals surface area contributed by atoms with Crippen molar-refractivity contribution in [2.75, 3.05) is 11.4 Å². The van der Waals surface area contributed by atoms with Gasteiger partial charge in [0.15, 0.2) is 0 Å². The van der Waals surface area contributed by atoms with Gasteiger partial charge in [0, 0.05) is 18.8 Å². The van der Waals surface area contributed by atoms with Crippen LogP contribution in [0.15, 0.2) is 48.5 Å². The highest BCUT2D eigenvalue weighted by Crippen LogP contribution is 2.41. The molecule has 2 aromatic carbocycles. The number of amides is 2. The first-order chi connectivity index (χ1) is 12.5. The number of anilines is 1. The van der Waals surface area contributed by atoms with Crippen molar-refractivity contribution in [3.8, 4) is 0 Å². The van der Waals surface area contributed by atoms with Crippen LogP contribution in [-0.2, 0) is 16.1 Å². The van der Waals surface area contributed by atoms with E-state index in [4.69, 9.17) is 0 Å². The molecule has 4 nitrogen and oxygen atoms in total. The minimum Gasteiger partial charge on any atom is -0.352 e. The third-order valence-electron chi connectivity index (χ3n) is 4.93. The highest BCUT2D eigenvalue weighted by Gasteiger charge is 2.49. The minimum absolute atomic E-state index is 0.0239. The first kappa shape index (κ1) is 18.2. The summed E-state index contributed by atoms with van der Waals surface area (Å²) in [6, 6.07) is 16.0. The summed E-state index contributed by atoms with van der Waals surface area (Å²) in [5.41, 5.74) is 4.30. The molecule has 0 aromatic heterocycles. The number of rotatable bonds is 6. The third kappa shape index (κ3) is 4.13. The van der Waals surface area contributed by atoms with Crippen molar-refractivity contribution < 1.29 is 9.59 Å². The molecule has 136 valence electrons. The molecule has 1 aliphatic carbocycles. The molecule has 2 amide bonds. The Kier molecular flexibility index (Phi) is 5.40. The van der Waals surface area contributed by atoms with Crippen molar-refractivity contribution in [3.63, 3.8) is 0 Å². The zero-order valence-electron chi connectivity index (χ0n) is 15.7. The first-order valence-corrected chi connectivity index (χ1v) is 9.21. The van der Waals surface area contributed by atoms with Crippen LogP contribution in [0.2, 0.25) is 0 Å². The van der Waals surface area contributed by atoms with Crippen LogP contribution in [0.1, 0.15) is 30.0 Å². The van der Waals surface area contributed by atoms with Crippen molar-refractivity contribution in [2.24, 2.45) is 11.8 Å². The lowest BCUT2D eigenvalue weighted by atomic mass is 10.1. The number of hydrogen-bond donors (Lipinski definition) is 1. The van der Waals surface area contributed by atoms with Crippen LogP contribution in [0.3, 0.4) is 0 Å². The molecule has 0 aliphatic heterocycles. The summed E-state index contributed by atoms with van der Waals surface area (Å²) in [6.45, 7) is 7.13. The fourth-order valence-corrected chi connectivity index (χ4v) is 3.25. The minimum atomic E-state index is -0.202.